The van der Waals surface area contributed by atoms with Crippen LogP contribution in [0.4, 0.5) is 0 Å². The monoisotopic (exact) mass is 562 g/mol. The number of nitriles is 1. The number of carbonyl (C=O) groups is 2. The predicted octanol–water partition coefficient (Wildman–Crippen LogP) is 5.02. The van der Waals surface area contributed by atoms with Gasteiger partial charge in [-0.05, 0) is 29.4 Å². The molecule has 5 nitrogen and oxygen atoms in total. The Bertz CT molecular complexity index is 1400. The fourth-order valence-electron chi connectivity index (χ4n) is 5.51. The largest absolute Gasteiger partial charge is 0.532 e. The van der Waals surface area contributed by atoms with Crippen molar-refractivity contribution in [3.05, 3.63) is 114 Å². The molecule has 3 aromatic carbocycles. The molecule has 3 aromatic rings. The van der Waals surface area contributed by atoms with Crippen LogP contribution in [0, 0.1) is 16.7 Å². The topological polar surface area (TPSA) is 70.4 Å². The van der Waals surface area contributed by atoms with Crippen molar-refractivity contribution in [1.29, 1.82) is 5.26 Å². The molecule has 0 radical (unpaired) electrons. The second-order valence-electron chi connectivity index (χ2n) is 11.2. The molecular weight excluding hydrogens is 524 g/mol. The molecule has 4 rings (SSSR count). The minimum Gasteiger partial charge on any atom is -0.532 e. The lowest BCUT2D eigenvalue weighted by Crippen LogP contribution is -2.69. The van der Waals surface area contributed by atoms with Crippen molar-refractivity contribution in [1.82, 2.24) is 4.90 Å². The van der Waals surface area contributed by atoms with Gasteiger partial charge in [0.05, 0.1) is 30.1 Å². The van der Waals surface area contributed by atoms with Gasteiger partial charge in [-0.25, -0.2) is 0 Å². The highest BCUT2D eigenvalue weighted by molar-refractivity contribution is 7.07. The first-order valence-electron chi connectivity index (χ1n) is 14.2. The van der Waals surface area contributed by atoms with Crippen molar-refractivity contribution >= 4 is 35.4 Å². The maximum absolute atomic E-state index is 13.9. The van der Waals surface area contributed by atoms with Gasteiger partial charge in [0.2, 0.25) is 0 Å². The normalized spacial score (nSPS) is 14.1. The fraction of sp³-hybridized carbons (Fsp3) is 0.286. The number of Topliss-reactive ketones (excluding diaryl/α,β-unsaturated/α-hetero) is 2. The molecule has 0 aliphatic heterocycles. The molecule has 0 atom stereocenters. The number of benzene rings is 3. The summed E-state index contributed by atoms with van der Waals surface area (Å²) < 4.78 is 7.28. The lowest BCUT2D eigenvalue weighted by molar-refractivity contribution is -0.123. The molecule has 0 amide bonds. The molecule has 6 heteroatoms. The smallest absolute Gasteiger partial charge is 0.346 e. The Kier molecular flexibility index (Phi) is 9.10. The van der Waals surface area contributed by atoms with Gasteiger partial charge < -0.3 is 9.33 Å². The number of carbonyl (C=O) groups excluding carboxylic acids is 2. The summed E-state index contributed by atoms with van der Waals surface area (Å²) in [6.07, 6.45) is 0.108. The second-order valence-corrected chi connectivity index (χ2v) is 14.5. The van der Waals surface area contributed by atoms with Crippen LogP contribution in [0.25, 0.3) is 0 Å². The average Bonchev–Trinajstić information content (AvgIpc) is 2.96. The van der Waals surface area contributed by atoms with Gasteiger partial charge in [0.1, 0.15) is 5.76 Å². The van der Waals surface area contributed by atoms with E-state index in [1.807, 2.05) is 89.2 Å². The summed E-state index contributed by atoms with van der Waals surface area (Å²) in [5, 5.41) is 13.5. The highest BCUT2D eigenvalue weighted by atomic mass is 28.4. The van der Waals surface area contributed by atoms with Crippen LogP contribution in [0.1, 0.15) is 47.5 Å². The SMILES string of the molecule is CCN(CC)C1=C(C(=O)C/C(O[Si](c2ccccc2)(c2ccccc2)c2ccccc2)=C(\C#N)C(C)(C)C)C(=O)C1. The highest BCUT2D eigenvalue weighted by Gasteiger charge is 2.46. The number of hydrogen-bond donors (Lipinski definition) is 0. The van der Waals surface area contributed by atoms with Crippen LogP contribution in [0.5, 0.6) is 0 Å². The molecule has 210 valence electrons. The molecule has 0 bridgehead atoms. The Hall–Kier alpha value is -4.21. The van der Waals surface area contributed by atoms with E-state index >= 15 is 0 Å². The molecule has 0 saturated carbocycles. The Morgan fingerprint density at radius 3 is 1.63 bits per heavy atom. The molecule has 1 aliphatic rings. The van der Waals surface area contributed by atoms with Gasteiger partial charge >= 0.3 is 8.32 Å². The molecule has 41 heavy (non-hydrogen) atoms. The number of ketones is 2. The van der Waals surface area contributed by atoms with Gasteiger partial charge in [-0.15, -0.1) is 0 Å². The third-order valence-corrected chi connectivity index (χ3v) is 11.6. The van der Waals surface area contributed by atoms with Gasteiger partial charge in [-0.2, -0.15) is 5.26 Å². The van der Waals surface area contributed by atoms with Crippen molar-refractivity contribution in [3.8, 4) is 6.07 Å². The predicted molar refractivity (Wildman–Crippen MR) is 166 cm³/mol. The number of hydrogen-bond acceptors (Lipinski definition) is 5. The van der Waals surface area contributed by atoms with E-state index in [9.17, 15) is 14.9 Å². The van der Waals surface area contributed by atoms with E-state index in [1.54, 1.807) is 0 Å². The van der Waals surface area contributed by atoms with E-state index in [1.165, 1.54) is 0 Å². The van der Waals surface area contributed by atoms with Crippen molar-refractivity contribution < 1.29 is 14.0 Å². The Labute approximate surface area is 244 Å². The lowest BCUT2D eigenvalue weighted by Gasteiger charge is -2.36. The zero-order valence-electron chi connectivity index (χ0n) is 24.6. The van der Waals surface area contributed by atoms with Gasteiger partial charge in [0, 0.05) is 24.2 Å². The summed E-state index contributed by atoms with van der Waals surface area (Å²) in [4.78, 5) is 28.7. The third-order valence-electron chi connectivity index (χ3n) is 7.60. The molecule has 0 N–H and O–H groups in total. The Balaban J connectivity index is 1.96. The van der Waals surface area contributed by atoms with Crippen LogP contribution in [-0.4, -0.2) is 37.9 Å². The summed E-state index contributed by atoms with van der Waals surface area (Å²) in [5.74, 6) is -0.116. The summed E-state index contributed by atoms with van der Waals surface area (Å²) >= 11 is 0. The summed E-state index contributed by atoms with van der Waals surface area (Å²) in [6.45, 7) is 11.3. The van der Waals surface area contributed by atoms with Gasteiger partial charge in [-0.3, -0.25) is 9.59 Å². The molecule has 0 fully saturated rings. The Morgan fingerprint density at radius 1 is 0.854 bits per heavy atom. The maximum Gasteiger partial charge on any atom is 0.346 e. The molecule has 0 unspecified atom stereocenters. The molecular formula is C35H38N2O3Si. The third kappa shape index (κ3) is 5.96. The summed E-state index contributed by atoms with van der Waals surface area (Å²) in [7, 11) is -3.28. The van der Waals surface area contributed by atoms with Gasteiger partial charge in [0.25, 0.3) is 0 Å². The molecule has 0 spiro atoms. The van der Waals surface area contributed by atoms with Crippen molar-refractivity contribution in [3.63, 3.8) is 0 Å². The standard InChI is InChI=1S/C35H38N2O3Si/c1-6-37(7-2)30-23-31(38)34(30)32(39)24-33(29(25-36)35(3,4)5)40-41(26-17-11-8-12-18-26,27-19-13-9-14-20-27)28-21-15-10-16-22-28/h8-22H,6-7,23-24H2,1-5H3/b33-29-. The molecule has 0 saturated heterocycles. The molecule has 1 aliphatic carbocycles. The molecule has 0 aromatic heterocycles. The number of allylic oxidation sites excluding steroid dienone is 4. The van der Waals surface area contributed by atoms with Crippen molar-refractivity contribution in [2.24, 2.45) is 5.41 Å². The van der Waals surface area contributed by atoms with Gasteiger partial charge in [0.15, 0.2) is 11.6 Å². The van der Waals surface area contributed by atoms with Crippen LogP contribution in [0.15, 0.2) is 114 Å². The van der Waals surface area contributed by atoms with Crippen LogP contribution in [-0.2, 0) is 14.0 Å². The van der Waals surface area contributed by atoms with Crippen LogP contribution in [0.3, 0.4) is 0 Å². The van der Waals surface area contributed by atoms with Crippen LogP contribution in [0.2, 0.25) is 0 Å². The number of nitrogens with zero attached hydrogens (tertiary/aromatic N) is 2. The Morgan fingerprint density at radius 2 is 1.29 bits per heavy atom. The minimum absolute atomic E-state index is 0.150. The van der Waals surface area contributed by atoms with E-state index in [-0.39, 0.29) is 30.0 Å². The van der Waals surface area contributed by atoms with Crippen molar-refractivity contribution in [2.45, 2.75) is 47.5 Å². The summed E-state index contributed by atoms with van der Waals surface area (Å²) in [6, 6.07) is 32.6. The van der Waals surface area contributed by atoms with E-state index in [0.717, 1.165) is 21.3 Å². The fourth-order valence-corrected chi connectivity index (χ4v) is 9.40. The van der Waals surface area contributed by atoms with E-state index in [4.69, 9.17) is 4.43 Å². The summed E-state index contributed by atoms with van der Waals surface area (Å²) in [5.41, 5.74) is 0.847. The lowest BCUT2D eigenvalue weighted by atomic mass is 9.83. The zero-order valence-corrected chi connectivity index (χ0v) is 25.6. The van der Waals surface area contributed by atoms with E-state index in [2.05, 4.69) is 47.4 Å². The second kappa shape index (κ2) is 12.5. The first kappa shape index (κ1) is 29.8. The van der Waals surface area contributed by atoms with Crippen molar-refractivity contribution in [2.75, 3.05) is 13.1 Å². The average molecular weight is 563 g/mol. The highest BCUT2D eigenvalue weighted by Crippen LogP contribution is 2.34. The zero-order chi connectivity index (χ0) is 29.6. The van der Waals surface area contributed by atoms with Gasteiger partial charge in [-0.1, -0.05) is 112 Å². The van der Waals surface area contributed by atoms with Crippen LogP contribution < -0.4 is 15.6 Å². The van der Waals surface area contributed by atoms with Crippen LogP contribution >= 0.6 is 0 Å². The molecule has 0 heterocycles. The van der Waals surface area contributed by atoms with E-state index < -0.39 is 13.7 Å². The number of rotatable bonds is 11. The maximum atomic E-state index is 13.9. The first-order valence-corrected chi connectivity index (χ1v) is 16.1. The minimum atomic E-state index is -3.28. The van der Waals surface area contributed by atoms with E-state index in [0.29, 0.717) is 24.4 Å². The first-order chi connectivity index (χ1) is 19.7. The quantitative estimate of drug-likeness (QED) is 0.108.